The molecule has 2 amide bonds. The third kappa shape index (κ3) is 5.35. The molecule has 0 aromatic heterocycles. The molecule has 2 saturated carbocycles. The Hall–Kier alpha value is -1.96. The number of halogens is 1. The van der Waals surface area contributed by atoms with Gasteiger partial charge in [-0.05, 0) is 44.4 Å². The van der Waals surface area contributed by atoms with E-state index in [9.17, 15) is 14.0 Å². The van der Waals surface area contributed by atoms with Gasteiger partial charge in [0.25, 0.3) is 5.91 Å². The van der Waals surface area contributed by atoms with Crippen molar-refractivity contribution in [2.45, 2.75) is 56.7 Å². The summed E-state index contributed by atoms with van der Waals surface area (Å²) in [5, 5.41) is 3.43. The number of amidine groups is 1. The SMILES string of the molecule is CC(=O)NC1CCC(SCC2=NC(=O)C3C(F)=CC(OCC4CC4)=CC3=N2)CC1. The molecule has 1 heterocycles. The Bertz CT molecular complexity index is 808. The highest BCUT2D eigenvalue weighted by molar-refractivity contribution is 8.00. The Morgan fingerprint density at radius 2 is 1.97 bits per heavy atom. The summed E-state index contributed by atoms with van der Waals surface area (Å²) in [5.41, 5.74) is 0.390. The minimum atomic E-state index is -1.02. The molecule has 0 saturated heterocycles. The highest BCUT2D eigenvalue weighted by Gasteiger charge is 2.35. The maximum absolute atomic E-state index is 14.4. The first-order chi connectivity index (χ1) is 14.0. The summed E-state index contributed by atoms with van der Waals surface area (Å²) in [6.07, 6.45) is 9.20. The first kappa shape index (κ1) is 20.3. The lowest BCUT2D eigenvalue weighted by molar-refractivity contribution is -0.120. The number of nitrogens with one attached hydrogen (secondary N) is 1. The van der Waals surface area contributed by atoms with Crippen molar-refractivity contribution in [2.24, 2.45) is 21.8 Å². The van der Waals surface area contributed by atoms with E-state index in [4.69, 9.17) is 4.74 Å². The van der Waals surface area contributed by atoms with E-state index in [0.717, 1.165) is 38.5 Å². The average Bonchev–Trinajstić information content (AvgIpc) is 3.49. The van der Waals surface area contributed by atoms with Crippen molar-refractivity contribution >= 4 is 35.1 Å². The van der Waals surface area contributed by atoms with E-state index >= 15 is 0 Å². The molecule has 2 fully saturated rings. The average molecular weight is 420 g/mol. The third-order valence-electron chi connectivity index (χ3n) is 5.60. The van der Waals surface area contributed by atoms with Gasteiger partial charge in [0, 0.05) is 30.4 Å². The summed E-state index contributed by atoms with van der Waals surface area (Å²) in [6, 6.07) is 0.259. The lowest BCUT2D eigenvalue weighted by atomic mass is 9.94. The van der Waals surface area contributed by atoms with Crippen molar-refractivity contribution in [3.63, 3.8) is 0 Å². The molecule has 1 aliphatic heterocycles. The van der Waals surface area contributed by atoms with Crippen LogP contribution in [0.15, 0.2) is 33.7 Å². The predicted octanol–water partition coefficient (Wildman–Crippen LogP) is 3.34. The molecular formula is C21H26FN3O3S. The van der Waals surface area contributed by atoms with Crippen molar-refractivity contribution in [3.8, 4) is 0 Å². The molecule has 8 heteroatoms. The monoisotopic (exact) mass is 419 g/mol. The number of hydrogen-bond acceptors (Lipinski definition) is 5. The zero-order valence-electron chi connectivity index (χ0n) is 16.5. The second-order valence-corrected chi connectivity index (χ2v) is 9.44. The Morgan fingerprint density at radius 1 is 1.21 bits per heavy atom. The van der Waals surface area contributed by atoms with Gasteiger partial charge < -0.3 is 10.1 Å². The van der Waals surface area contributed by atoms with Crippen LogP contribution >= 0.6 is 11.8 Å². The van der Waals surface area contributed by atoms with Crippen LogP contribution < -0.4 is 5.32 Å². The molecule has 4 aliphatic rings. The molecule has 0 aromatic carbocycles. The van der Waals surface area contributed by atoms with E-state index in [2.05, 4.69) is 15.3 Å². The van der Waals surface area contributed by atoms with Gasteiger partial charge in [0.15, 0.2) is 0 Å². The predicted molar refractivity (Wildman–Crippen MR) is 112 cm³/mol. The Kier molecular flexibility index (Phi) is 6.18. The largest absolute Gasteiger partial charge is 0.493 e. The summed E-state index contributed by atoms with van der Waals surface area (Å²) in [4.78, 5) is 32.0. The van der Waals surface area contributed by atoms with Crippen molar-refractivity contribution in [1.82, 2.24) is 5.32 Å². The number of amides is 2. The summed E-state index contributed by atoms with van der Waals surface area (Å²) in [6.45, 7) is 2.13. The molecule has 1 unspecified atom stereocenters. The molecule has 4 rings (SSSR count). The van der Waals surface area contributed by atoms with Gasteiger partial charge in [0.2, 0.25) is 5.91 Å². The zero-order valence-corrected chi connectivity index (χ0v) is 17.3. The topological polar surface area (TPSA) is 80.1 Å². The first-order valence-electron chi connectivity index (χ1n) is 10.3. The molecule has 29 heavy (non-hydrogen) atoms. The van der Waals surface area contributed by atoms with Crippen LogP contribution in [-0.2, 0) is 14.3 Å². The number of fused-ring (bicyclic) bond motifs is 1. The van der Waals surface area contributed by atoms with E-state index in [1.165, 1.54) is 6.08 Å². The smallest absolute Gasteiger partial charge is 0.263 e. The van der Waals surface area contributed by atoms with Gasteiger partial charge >= 0.3 is 0 Å². The van der Waals surface area contributed by atoms with E-state index in [-0.39, 0.29) is 11.9 Å². The van der Waals surface area contributed by atoms with Gasteiger partial charge in [0.1, 0.15) is 23.3 Å². The fraction of sp³-hybridized carbons (Fsp3) is 0.619. The van der Waals surface area contributed by atoms with Crippen LogP contribution in [0.5, 0.6) is 0 Å². The lowest BCUT2D eigenvalue weighted by Crippen LogP contribution is -2.37. The maximum atomic E-state index is 14.4. The van der Waals surface area contributed by atoms with Crippen molar-refractivity contribution in [2.75, 3.05) is 12.4 Å². The summed E-state index contributed by atoms with van der Waals surface area (Å²) >= 11 is 1.73. The second kappa shape index (κ2) is 8.81. The van der Waals surface area contributed by atoms with Gasteiger partial charge in [-0.25, -0.2) is 9.38 Å². The number of aliphatic imine (C=N–C) groups is 2. The van der Waals surface area contributed by atoms with Crippen molar-refractivity contribution in [3.05, 3.63) is 23.7 Å². The number of thioether (sulfide) groups is 1. The van der Waals surface area contributed by atoms with Crippen LogP contribution in [0.2, 0.25) is 0 Å². The Labute approximate surface area is 174 Å². The van der Waals surface area contributed by atoms with Gasteiger partial charge in [-0.3, -0.25) is 9.59 Å². The molecule has 156 valence electrons. The van der Waals surface area contributed by atoms with E-state index in [0.29, 0.717) is 40.8 Å². The molecule has 0 radical (unpaired) electrons. The first-order valence-corrected chi connectivity index (χ1v) is 11.3. The molecule has 6 nitrogen and oxygen atoms in total. The van der Waals surface area contributed by atoms with Gasteiger partial charge in [0.05, 0.1) is 18.1 Å². The number of rotatable bonds is 7. The summed E-state index contributed by atoms with van der Waals surface area (Å²) < 4.78 is 20.1. The van der Waals surface area contributed by atoms with Gasteiger partial charge in [-0.1, -0.05) is 0 Å². The Morgan fingerprint density at radius 3 is 2.66 bits per heavy atom. The molecule has 0 aromatic rings. The normalized spacial score (nSPS) is 29.2. The highest BCUT2D eigenvalue weighted by Crippen LogP contribution is 2.33. The second-order valence-electron chi connectivity index (χ2n) is 8.15. The van der Waals surface area contributed by atoms with E-state index in [1.54, 1.807) is 24.8 Å². The number of nitrogens with zero attached hydrogens (tertiary/aromatic N) is 2. The zero-order chi connectivity index (χ0) is 20.4. The summed E-state index contributed by atoms with van der Waals surface area (Å²) in [5.74, 6) is -0.0807. The third-order valence-corrected chi connectivity index (χ3v) is 6.97. The minimum absolute atomic E-state index is 0.0175. The van der Waals surface area contributed by atoms with Gasteiger partial charge in [-0.15, -0.1) is 0 Å². The quantitative estimate of drug-likeness (QED) is 0.686. The molecule has 0 bridgehead atoms. The molecular weight excluding hydrogens is 393 g/mol. The number of allylic oxidation sites excluding steroid dienone is 2. The molecule has 0 spiro atoms. The van der Waals surface area contributed by atoms with Gasteiger partial charge in [-0.2, -0.15) is 16.8 Å². The lowest BCUT2D eigenvalue weighted by Gasteiger charge is -2.28. The molecule has 3 aliphatic carbocycles. The van der Waals surface area contributed by atoms with Crippen LogP contribution in [0.25, 0.3) is 0 Å². The molecule has 1 atom stereocenters. The van der Waals surface area contributed by atoms with Crippen LogP contribution in [0.3, 0.4) is 0 Å². The Balaban J connectivity index is 1.33. The van der Waals surface area contributed by atoms with Crippen molar-refractivity contribution < 1.29 is 18.7 Å². The standard InChI is InChI=1S/C21H26FN3O3S/c1-12(26)23-14-4-6-16(7-5-14)29-11-19-24-18-9-15(28-10-13-2-3-13)8-17(22)20(18)21(27)25-19/h8-9,13-14,16,20H,2-7,10-11H2,1H3,(H,23,26). The number of carbonyl (C=O) groups is 2. The number of carbonyl (C=O) groups excluding carboxylic acids is 2. The summed E-state index contributed by atoms with van der Waals surface area (Å²) in [7, 11) is 0. The number of hydrogen-bond donors (Lipinski definition) is 1. The van der Waals surface area contributed by atoms with E-state index < -0.39 is 17.7 Å². The van der Waals surface area contributed by atoms with Crippen molar-refractivity contribution in [1.29, 1.82) is 0 Å². The van der Waals surface area contributed by atoms with Crippen LogP contribution in [-0.4, -0.2) is 47.0 Å². The van der Waals surface area contributed by atoms with Crippen LogP contribution in [0, 0.1) is 11.8 Å². The maximum Gasteiger partial charge on any atom is 0.263 e. The van der Waals surface area contributed by atoms with Crippen LogP contribution in [0.1, 0.15) is 45.4 Å². The van der Waals surface area contributed by atoms with E-state index in [1.807, 2.05) is 0 Å². The molecule has 1 N–H and O–H groups in total. The minimum Gasteiger partial charge on any atom is -0.493 e. The highest BCUT2D eigenvalue weighted by atomic mass is 32.2. The fourth-order valence-electron chi connectivity index (χ4n) is 3.84. The van der Waals surface area contributed by atoms with Crippen LogP contribution in [0.4, 0.5) is 4.39 Å². The fourth-order valence-corrected chi connectivity index (χ4v) is 4.96. The number of ether oxygens (including phenoxy) is 1.